The lowest BCUT2D eigenvalue weighted by Gasteiger charge is -2.62. The highest BCUT2D eigenvalue weighted by molar-refractivity contribution is 5.83. The van der Waals surface area contributed by atoms with E-state index in [-0.39, 0.29) is 25.1 Å². The summed E-state index contributed by atoms with van der Waals surface area (Å²) in [5, 5.41) is 25.9. The van der Waals surface area contributed by atoms with Gasteiger partial charge in [0.2, 0.25) is 5.91 Å². The third kappa shape index (κ3) is 5.36. The molecule has 8 heteroatoms. The van der Waals surface area contributed by atoms with Gasteiger partial charge in [0.15, 0.2) is 0 Å². The Morgan fingerprint density at radius 2 is 1.95 bits per heavy atom. The Bertz CT molecular complexity index is 1250. The van der Waals surface area contributed by atoms with Crippen LogP contribution < -0.4 is 15.0 Å². The molecule has 1 aliphatic heterocycles. The maximum Gasteiger partial charge on any atom is 0.240 e. The summed E-state index contributed by atoms with van der Waals surface area (Å²) in [7, 11) is 5.67. The Kier molecular flexibility index (Phi) is 8.41. The Balaban J connectivity index is 1.43. The van der Waals surface area contributed by atoms with Crippen molar-refractivity contribution < 1.29 is 24.6 Å². The lowest BCUT2D eigenvalue weighted by atomic mass is 9.45. The minimum absolute atomic E-state index is 0.0887. The molecular weight excluding hydrogens is 518 g/mol. The molecule has 0 spiro atoms. The van der Waals surface area contributed by atoms with Gasteiger partial charge in [-0.25, -0.2) is 0 Å². The van der Waals surface area contributed by atoms with Crippen molar-refractivity contribution in [3.63, 3.8) is 0 Å². The summed E-state index contributed by atoms with van der Waals surface area (Å²) >= 11 is 0. The molecule has 4 fully saturated rings. The van der Waals surface area contributed by atoms with Crippen molar-refractivity contribution in [3.8, 4) is 16.9 Å². The third-order valence-corrected chi connectivity index (χ3v) is 10.4. The number of carbonyl (C=O) groups excluding carboxylic acids is 1. The van der Waals surface area contributed by atoms with Crippen LogP contribution >= 0.6 is 0 Å². The van der Waals surface area contributed by atoms with E-state index in [0.717, 1.165) is 28.8 Å². The van der Waals surface area contributed by atoms with E-state index in [0.29, 0.717) is 28.9 Å². The number of aliphatic hydroxyl groups excluding tert-OH is 2. The third-order valence-electron chi connectivity index (χ3n) is 10.4. The van der Waals surface area contributed by atoms with Gasteiger partial charge >= 0.3 is 0 Å². The molecule has 6 rings (SSSR count). The highest BCUT2D eigenvalue weighted by Crippen LogP contribution is 2.61. The molecule has 3 saturated carbocycles. The normalized spacial score (nSPS) is 31.3. The first-order valence-electron chi connectivity index (χ1n) is 14.9. The monoisotopic (exact) mass is 565 g/mol. The van der Waals surface area contributed by atoms with Crippen LogP contribution in [-0.2, 0) is 16.2 Å². The number of anilines is 1. The van der Waals surface area contributed by atoms with Crippen molar-refractivity contribution in [2.24, 2.45) is 29.1 Å². The van der Waals surface area contributed by atoms with Gasteiger partial charge in [-0.2, -0.15) is 5.06 Å². The maximum atomic E-state index is 14.0. The first-order chi connectivity index (χ1) is 19.5. The average Bonchev–Trinajstić information content (AvgIpc) is 3.32. The van der Waals surface area contributed by atoms with Gasteiger partial charge in [-0.15, -0.1) is 0 Å². The highest BCUT2D eigenvalue weighted by atomic mass is 16.7. The number of amides is 1. The van der Waals surface area contributed by atoms with Crippen LogP contribution in [0.5, 0.6) is 5.75 Å². The van der Waals surface area contributed by atoms with E-state index >= 15 is 0 Å². The van der Waals surface area contributed by atoms with E-state index in [1.54, 1.807) is 19.1 Å². The number of nitrogens with one attached hydrogen (secondary N) is 1. The number of hydrogen-bond donors (Lipinski definition) is 3. The van der Waals surface area contributed by atoms with Crippen LogP contribution in [-0.4, -0.2) is 73.3 Å². The number of para-hydroxylation sites is 1. The Morgan fingerprint density at radius 1 is 1.22 bits per heavy atom. The van der Waals surface area contributed by atoms with Crippen molar-refractivity contribution in [2.75, 3.05) is 32.7 Å². The van der Waals surface area contributed by atoms with Gasteiger partial charge in [0.25, 0.3) is 0 Å². The molecule has 0 radical (unpaired) electrons. The van der Waals surface area contributed by atoms with Crippen LogP contribution in [0, 0.1) is 29.1 Å². The van der Waals surface area contributed by atoms with Crippen molar-refractivity contribution in [1.82, 2.24) is 10.4 Å². The molecule has 3 aliphatic carbocycles. The van der Waals surface area contributed by atoms with Crippen LogP contribution in [0.4, 0.5) is 5.69 Å². The number of fused-ring (bicyclic) bond motifs is 2. The number of rotatable bonds is 9. The van der Waals surface area contributed by atoms with Crippen molar-refractivity contribution in [1.29, 1.82) is 0 Å². The lowest BCUT2D eigenvalue weighted by molar-refractivity contribution is -0.183. The second-order valence-electron chi connectivity index (χ2n) is 13.2. The quantitative estimate of drug-likeness (QED) is 0.422. The minimum Gasteiger partial charge on any atom is -0.496 e. The number of aliphatic hydroxyl groups is 2. The van der Waals surface area contributed by atoms with Gasteiger partial charge in [-0.3, -0.25) is 9.63 Å². The van der Waals surface area contributed by atoms with Gasteiger partial charge in [0.1, 0.15) is 17.9 Å². The van der Waals surface area contributed by atoms with Gasteiger partial charge in [0, 0.05) is 42.9 Å². The highest BCUT2D eigenvalue weighted by Gasteiger charge is 2.57. The van der Waals surface area contributed by atoms with E-state index in [1.165, 1.54) is 6.42 Å². The number of nitrogens with zero attached hydrogens (tertiary/aromatic N) is 2. The Hall–Kier alpha value is -2.65. The molecule has 2 aromatic rings. The molecule has 1 saturated heterocycles. The number of hydroxylamine groups is 2. The summed E-state index contributed by atoms with van der Waals surface area (Å²) in [5.41, 5.74) is 4.22. The molecule has 8 atom stereocenters. The van der Waals surface area contributed by atoms with Gasteiger partial charge in [-0.1, -0.05) is 51.1 Å². The number of carbonyl (C=O) groups is 1. The lowest BCUT2D eigenvalue weighted by Crippen LogP contribution is -2.62. The first-order valence-corrected chi connectivity index (χ1v) is 14.9. The molecule has 0 unspecified atom stereocenters. The summed E-state index contributed by atoms with van der Waals surface area (Å²) in [6.07, 6.45) is 0.670. The molecular formula is C33H47N3O5. The number of benzene rings is 2. The van der Waals surface area contributed by atoms with Crippen LogP contribution in [0.25, 0.3) is 11.1 Å². The Morgan fingerprint density at radius 3 is 2.56 bits per heavy atom. The summed E-state index contributed by atoms with van der Waals surface area (Å²) in [4.78, 5) is 22.3. The molecule has 224 valence electrons. The van der Waals surface area contributed by atoms with Gasteiger partial charge in [0.05, 0.1) is 26.4 Å². The second-order valence-corrected chi connectivity index (χ2v) is 13.2. The van der Waals surface area contributed by atoms with Crippen LogP contribution in [0.1, 0.15) is 46.1 Å². The summed E-state index contributed by atoms with van der Waals surface area (Å²) < 4.78 is 5.94. The Labute approximate surface area is 244 Å². The number of ether oxygens (including phenoxy) is 1. The fraction of sp³-hybridized carbons (Fsp3) is 0.606. The molecule has 1 heterocycles. The van der Waals surface area contributed by atoms with E-state index in [4.69, 9.17) is 9.57 Å². The van der Waals surface area contributed by atoms with Crippen LogP contribution in [0.15, 0.2) is 42.5 Å². The van der Waals surface area contributed by atoms with E-state index in [2.05, 4.69) is 49.2 Å². The van der Waals surface area contributed by atoms with Crippen LogP contribution in [0.3, 0.4) is 0 Å². The van der Waals surface area contributed by atoms with E-state index < -0.39 is 24.2 Å². The largest absolute Gasteiger partial charge is 0.496 e. The molecule has 3 N–H and O–H groups in total. The zero-order valence-electron chi connectivity index (χ0n) is 25.5. The fourth-order valence-corrected chi connectivity index (χ4v) is 7.78. The van der Waals surface area contributed by atoms with Crippen molar-refractivity contribution >= 4 is 11.6 Å². The maximum absolute atomic E-state index is 14.0. The molecule has 8 nitrogen and oxygen atoms in total. The topological polar surface area (TPSA) is 94.5 Å². The summed E-state index contributed by atoms with van der Waals surface area (Å²) in [6.45, 7) is 8.59. The number of hydrogen-bond acceptors (Lipinski definition) is 7. The van der Waals surface area contributed by atoms with E-state index in [1.807, 2.05) is 38.4 Å². The molecule has 41 heavy (non-hydrogen) atoms. The van der Waals surface area contributed by atoms with Gasteiger partial charge < -0.3 is 25.2 Å². The van der Waals surface area contributed by atoms with Crippen molar-refractivity contribution in [3.05, 3.63) is 48.0 Å². The molecule has 0 aromatic heterocycles. The van der Waals surface area contributed by atoms with E-state index in [9.17, 15) is 15.0 Å². The van der Waals surface area contributed by atoms with Crippen LogP contribution in [0.2, 0.25) is 0 Å². The summed E-state index contributed by atoms with van der Waals surface area (Å²) in [5.74, 6) is 1.56. The van der Waals surface area contributed by atoms with Gasteiger partial charge in [-0.05, 0) is 60.6 Å². The molecule has 2 aromatic carbocycles. The van der Waals surface area contributed by atoms with Crippen molar-refractivity contribution in [2.45, 2.75) is 71.4 Å². The number of methoxy groups -OCH3 is 1. The zero-order valence-corrected chi connectivity index (χ0v) is 25.5. The average molecular weight is 566 g/mol. The first kappa shape index (κ1) is 29.8. The molecule has 1 amide bonds. The second kappa shape index (κ2) is 11.6. The zero-order chi connectivity index (χ0) is 29.6. The SMILES string of the molecule is COc1c(CN2O[C@@H](CO)[C@@H]([C@H](C)O)[C@H]2C(=O)N[C@H]2C[C@H]3C[C@@H]([C@@H]2C)C3(C)C)cccc1-c1cccc(N(C)C)c1. The predicted octanol–water partition coefficient (Wildman–Crippen LogP) is 4.09. The summed E-state index contributed by atoms with van der Waals surface area (Å²) in [6, 6.07) is 13.6. The fourth-order valence-electron chi connectivity index (χ4n) is 7.78. The minimum atomic E-state index is -0.842. The molecule has 4 aliphatic rings. The standard InChI is InChI=1S/C33H47N3O5/c1-19-26-15-23(33(26,3)4)16-27(19)34-32(39)30-29(20(2)38)28(18-37)41-36(30)17-22-11-9-13-25(31(22)40-7)21-10-8-12-24(14-21)35(5)6/h8-14,19-20,23,26-30,37-38H,15-18H2,1-7H3,(H,34,39)/t19-,20-,23+,26-,27-,28-,29+,30-/m0/s1. The molecule has 2 bridgehead atoms. The smallest absolute Gasteiger partial charge is 0.240 e. The predicted molar refractivity (Wildman–Crippen MR) is 160 cm³/mol.